The van der Waals surface area contributed by atoms with Crippen molar-refractivity contribution in [3.05, 3.63) is 59.9 Å². The van der Waals surface area contributed by atoms with Crippen molar-refractivity contribution in [2.75, 3.05) is 44.2 Å². The molecule has 0 atom stereocenters. The molecular formula is C21H24FN3O. The van der Waals surface area contributed by atoms with Gasteiger partial charge in [-0.25, -0.2) is 4.39 Å². The molecule has 2 aromatic carbocycles. The zero-order valence-corrected chi connectivity index (χ0v) is 14.9. The van der Waals surface area contributed by atoms with Crippen LogP contribution in [-0.2, 0) is 0 Å². The second-order valence-electron chi connectivity index (χ2n) is 6.50. The number of halogens is 1. The molecule has 4 nitrogen and oxygen atoms in total. The van der Waals surface area contributed by atoms with Crippen LogP contribution in [0.25, 0.3) is 0 Å². The minimum Gasteiger partial charge on any atom is -0.494 e. The molecule has 0 saturated carbocycles. The minimum absolute atomic E-state index is 0.242. The molecule has 0 unspecified atom stereocenters. The fourth-order valence-electron chi connectivity index (χ4n) is 3.21. The van der Waals surface area contributed by atoms with E-state index in [1.165, 1.54) is 17.8 Å². The number of ether oxygens (including phenoxy) is 1. The first-order chi connectivity index (χ1) is 12.7. The summed E-state index contributed by atoms with van der Waals surface area (Å²) < 4.78 is 18.5. The molecule has 136 valence electrons. The Hall–Kier alpha value is -2.58. The largest absolute Gasteiger partial charge is 0.494 e. The number of anilines is 1. The van der Waals surface area contributed by atoms with Gasteiger partial charge in [0.25, 0.3) is 0 Å². The van der Waals surface area contributed by atoms with Gasteiger partial charge >= 0.3 is 0 Å². The average Bonchev–Trinajstić information content (AvgIpc) is 2.92. The van der Waals surface area contributed by atoms with Crippen LogP contribution < -0.4 is 9.64 Å². The molecule has 0 bridgehead atoms. The van der Waals surface area contributed by atoms with E-state index in [-0.39, 0.29) is 5.82 Å². The number of benzene rings is 2. The first-order valence-electron chi connectivity index (χ1n) is 9.10. The Morgan fingerprint density at radius 2 is 1.73 bits per heavy atom. The van der Waals surface area contributed by atoms with E-state index in [0.717, 1.165) is 45.6 Å². The van der Waals surface area contributed by atoms with Gasteiger partial charge in [0, 0.05) is 31.9 Å². The standard InChI is InChI=1S/C21H24FN3O/c22-19-5-9-21(10-6-19)26-16-2-12-24-11-1-13-25(15-14-24)20-7-3-18(17-23)4-8-20/h3-10H,1-2,11-16H2. The third kappa shape index (κ3) is 5.21. The van der Waals surface area contributed by atoms with Crippen molar-refractivity contribution in [2.45, 2.75) is 12.8 Å². The Kier molecular flexibility index (Phi) is 6.45. The Labute approximate surface area is 154 Å². The van der Waals surface area contributed by atoms with Crippen LogP contribution in [0.2, 0.25) is 0 Å². The van der Waals surface area contributed by atoms with Crippen molar-refractivity contribution in [2.24, 2.45) is 0 Å². The van der Waals surface area contributed by atoms with Crippen LogP contribution in [0.1, 0.15) is 18.4 Å². The van der Waals surface area contributed by atoms with Crippen LogP contribution in [-0.4, -0.2) is 44.2 Å². The van der Waals surface area contributed by atoms with Gasteiger partial charge in [-0.3, -0.25) is 0 Å². The number of hydrogen-bond donors (Lipinski definition) is 0. The molecule has 3 rings (SSSR count). The summed E-state index contributed by atoms with van der Waals surface area (Å²) in [5.74, 6) is 0.475. The summed E-state index contributed by atoms with van der Waals surface area (Å²) in [5, 5.41) is 8.91. The molecule has 1 aliphatic heterocycles. The third-order valence-electron chi connectivity index (χ3n) is 4.65. The predicted octanol–water partition coefficient (Wildman–Crippen LogP) is 3.68. The Morgan fingerprint density at radius 3 is 2.46 bits per heavy atom. The van der Waals surface area contributed by atoms with Crippen molar-refractivity contribution < 1.29 is 9.13 Å². The van der Waals surface area contributed by atoms with Gasteiger partial charge in [0.1, 0.15) is 11.6 Å². The average molecular weight is 353 g/mol. The molecular weight excluding hydrogens is 329 g/mol. The summed E-state index contributed by atoms with van der Waals surface area (Å²) in [6.45, 7) is 5.78. The molecule has 1 aliphatic rings. The maximum Gasteiger partial charge on any atom is 0.123 e. The van der Waals surface area contributed by atoms with E-state index in [1.54, 1.807) is 12.1 Å². The molecule has 0 amide bonds. The van der Waals surface area contributed by atoms with Crippen LogP contribution in [0.3, 0.4) is 0 Å². The number of hydrogen-bond acceptors (Lipinski definition) is 4. The van der Waals surface area contributed by atoms with Gasteiger partial charge in [-0.15, -0.1) is 0 Å². The predicted molar refractivity (Wildman–Crippen MR) is 101 cm³/mol. The molecule has 1 fully saturated rings. The highest BCUT2D eigenvalue weighted by molar-refractivity contribution is 5.49. The second kappa shape index (κ2) is 9.21. The van der Waals surface area contributed by atoms with E-state index in [2.05, 4.69) is 15.9 Å². The van der Waals surface area contributed by atoms with Crippen molar-refractivity contribution in [3.63, 3.8) is 0 Å². The maximum absolute atomic E-state index is 12.9. The van der Waals surface area contributed by atoms with Gasteiger partial charge in [-0.05, 0) is 67.9 Å². The van der Waals surface area contributed by atoms with E-state index in [1.807, 2.05) is 24.3 Å². The molecule has 2 aromatic rings. The third-order valence-corrected chi connectivity index (χ3v) is 4.65. The summed E-state index contributed by atoms with van der Waals surface area (Å²) >= 11 is 0. The highest BCUT2D eigenvalue weighted by Gasteiger charge is 2.15. The number of rotatable bonds is 6. The van der Waals surface area contributed by atoms with E-state index >= 15 is 0 Å². The smallest absolute Gasteiger partial charge is 0.123 e. The zero-order valence-electron chi connectivity index (χ0n) is 14.9. The summed E-state index contributed by atoms with van der Waals surface area (Å²) in [7, 11) is 0. The van der Waals surface area contributed by atoms with Crippen LogP contribution in [0.15, 0.2) is 48.5 Å². The van der Waals surface area contributed by atoms with Crippen molar-refractivity contribution in [1.82, 2.24) is 4.90 Å². The van der Waals surface area contributed by atoms with Gasteiger partial charge in [-0.1, -0.05) is 0 Å². The summed E-state index contributed by atoms with van der Waals surface area (Å²) in [6.07, 6.45) is 2.08. The van der Waals surface area contributed by atoms with E-state index in [0.29, 0.717) is 17.9 Å². The first-order valence-corrected chi connectivity index (χ1v) is 9.10. The lowest BCUT2D eigenvalue weighted by Crippen LogP contribution is -2.31. The SMILES string of the molecule is N#Cc1ccc(N2CCCN(CCCOc3ccc(F)cc3)CC2)cc1. The monoisotopic (exact) mass is 353 g/mol. The van der Waals surface area contributed by atoms with Crippen LogP contribution >= 0.6 is 0 Å². The molecule has 1 saturated heterocycles. The normalized spacial score (nSPS) is 15.3. The fourth-order valence-corrected chi connectivity index (χ4v) is 3.21. The highest BCUT2D eigenvalue weighted by Crippen LogP contribution is 2.17. The maximum atomic E-state index is 12.9. The van der Waals surface area contributed by atoms with Crippen molar-refractivity contribution in [1.29, 1.82) is 5.26 Å². The molecule has 0 N–H and O–H groups in total. The van der Waals surface area contributed by atoms with Gasteiger partial charge in [0.05, 0.1) is 18.2 Å². The lowest BCUT2D eigenvalue weighted by atomic mass is 10.2. The zero-order chi connectivity index (χ0) is 18.2. The Balaban J connectivity index is 1.40. The van der Waals surface area contributed by atoms with Crippen LogP contribution in [0, 0.1) is 17.1 Å². The molecule has 5 heteroatoms. The summed E-state index contributed by atoms with van der Waals surface area (Å²) in [5.41, 5.74) is 1.89. The fraction of sp³-hybridized carbons (Fsp3) is 0.381. The summed E-state index contributed by atoms with van der Waals surface area (Å²) in [6, 6.07) is 16.2. The Morgan fingerprint density at radius 1 is 0.962 bits per heavy atom. The quantitative estimate of drug-likeness (QED) is 0.743. The molecule has 0 radical (unpaired) electrons. The van der Waals surface area contributed by atoms with Crippen molar-refractivity contribution in [3.8, 4) is 11.8 Å². The molecule has 1 heterocycles. The van der Waals surface area contributed by atoms with Gasteiger partial charge in [0.2, 0.25) is 0 Å². The molecule has 0 spiro atoms. The van der Waals surface area contributed by atoms with E-state index in [9.17, 15) is 4.39 Å². The van der Waals surface area contributed by atoms with Crippen molar-refractivity contribution >= 4 is 5.69 Å². The lowest BCUT2D eigenvalue weighted by Gasteiger charge is -2.23. The van der Waals surface area contributed by atoms with E-state index in [4.69, 9.17) is 10.00 Å². The van der Waals surface area contributed by atoms with Gasteiger partial charge in [0.15, 0.2) is 0 Å². The highest BCUT2D eigenvalue weighted by atomic mass is 19.1. The van der Waals surface area contributed by atoms with Crippen LogP contribution in [0.4, 0.5) is 10.1 Å². The summed E-state index contributed by atoms with van der Waals surface area (Å²) in [4.78, 5) is 4.85. The minimum atomic E-state index is -0.242. The van der Waals surface area contributed by atoms with Gasteiger partial charge < -0.3 is 14.5 Å². The van der Waals surface area contributed by atoms with Gasteiger partial charge in [-0.2, -0.15) is 5.26 Å². The molecule has 0 aliphatic carbocycles. The Bertz CT molecular complexity index is 724. The number of nitriles is 1. The molecule has 26 heavy (non-hydrogen) atoms. The van der Waals surface area contributed by atoms with E-state index < -0.39 is 0 Å². The second-order valence-corrected chi connectivity index (χ2v) is 6.50. The van der Waals surface area contributed by atoms with Crippen LogP contribution in [0.5, 0.6) is 5.75 Å². The lowest BCUT2D eigenvalue weighted by molar-refractivity contribution is 0.244. The molecule has 0 aromatic heterocycles. The first kappa shape index (κ1) is 18.2. The topological polar surface area (TPSA) is 39.5 Å². The number of nitrogens with zero attached hydrogens (tertiary/aromatic N) is 3.